The largest absolute Gasteiger partial charge is 0.497 e. The number of nitrogens with one attached hydrogen (secondary N) is 1. The van der Waals surface area contributed by atoms with Gasteiger partial charge in [0, 0.05) is 11.6 Å². The number of amides is 1. The maximum Gasteiger partial charge on any atom is 0.255 e. The monoisotopic (exact) mass is 305 g/mol. The number of halogens is 1. The van der Waals surface area contributed by atoms with Gasteiger partial charge < -0.3 is 14.8 Å². The van der Waals surface area contributed by atoms with Gasteiger partial charge in [0.1, 0.15) is 11.5 Å². The van der Waals surface area contributed by atoms with E-state index in [0.717, 1.165) is 5.56 Å². The Bertz CT molecular complexity index is 628. The molecule has 0 saturated carbocycles. The van der Waals surface area contributed by atoms with Gasteiger partial charge in [-0.25, -0.2) is 0 Å². The van der Waals surface area contributed by atoms with Gasteiger partial charge in [-0.2, -0.15) is 0 Å². The van der Waals surface area contributed by atoms with Crippen molar-refractivity contribution in [3.05, 3.63) is 52.5 Å². The molecule has 0 spiro atoms. The first-order chi connectivity index (χ1) is 10.0. The lowest BCUT2D eigenvalue weighted by Crippen LogP contribution is -2.13. The number of hydrogen-bond donors (Lipinski definition) is 1. The second-order valence-electron chi connectivity index (χ2n) is 4.49. The van der Waals surface area contributed by atoms with Crippen LogP contribution in [0.3, 0.4) is 0 Å². The van der Waals surface area contributed by atoms with Crippen molar-refractivity contribution in [2.24, 2.45) is 0 Å². The van der Waals surface area contributed by atoms with E-state index in [9.17, 15) is 4.79 Å². The minimum atomic E-state index is -0.275. The molecule has 0 aliphatic heterocycles. The minimum Gasteiger partial charge on any atom is -0.497 e. The second-order valence-corrected chi connectivity index (χ2v) is 4.89. The number of hydrogen-bond acceptors (Lipinski definition) is 3. The fourth-order valence-corrected chi connectivity index (χ4v) is 2.18. The summed E-state index contributed by atoms with van der Waals surface area (Å²) in [4.78, 5) is 12.4. The zero-order valence-corrected chi connectivity index (χ0v) is 12.8. The fourth-order valence-electron chi connectivity index (χ4n) is 1.91. The van der Waals surface area contributed by atoms with Crippen molar-refractivity contribution in [1.82, 2.24) is 0 Å². The molecule has 110 valence electrons. The smallest absolute Gasteiger partial charge is 0.255 e. The third-order valence-electron chi connectivity index (χ3n) is 3.07. The lowest BCUT2D eigenvalue weighted by molar-refractivity contribution is 0.102. The van der Waals surface area contributed by atoms with E-state index in [1.807, 2.05) is 19.1 Å². The van der Waals surface area contributed by atoms with Gasteiger partial charge in [-0.1, -0.05) is 23.7 Å². The Labute approximate surface area is 128 Å². The normalized spacial score (nSPS) is 10.1. The maximum atomic E-state index is 12.4. The van der Waals surface area contributed by atoms with Gasteiger partial charge in [-0.05, 0) is 30.7 Å². The van der Waals surface area contributed by atoms with E-state index in [0.29, 0.717) is 27.8 Å². The van der Waals surface area contributed by atoms with E-state index in [-0.39, 0.29) is 5.91 Å². The molecule has 21 heavy (non-hydrogen) atoms. The molecule has 0 saturated heterocycles. The Morgan fingerprint density at radius 2 is 1.71 bits per heavy atom. The molecule has 0 aliphatic carbocycles. The van der Waals surface area contributed by atoms with Gasteiger partial charge in [0.15, 0.2) is 0 Å². The average Bonchev–Trinajstić information content (AvgIpc) is 2.50. The van der Waals surface area contributed by atoms with Crippen LogP contribution in [0.1, 0.15) is 15.9 Å². The summed E-state index contributed by atoms with van der Waals surface area (Å²) in [5.74, 6) is 0.828. The summed E-state index contributed by atoms with van der Waals surface area (Å²) in [6.45, 7) is 1.88. The molecule has 5 heteroatoms. The van der Waals surface area contributed by atoms with Gasteiger partial charge in [0.2, 0.25) is 0 Å². The number of ether oxygens (including phenoxy) is 2. The summed E-state index contributed by atoms with van der Waals surface area (Å²) >= 11 is 6.11. The molecule has 0 aliphatic rings. The minimum absolute atomic E-state index is 0.275. The molecule has 0 radical (unpaired) electrons. The zero-order chi connectivity index (χ0) is 15.4. The number of anilines is 1. The van der Waals surface area contributed by atoms with Crippen LogP contribution in [0.4, 0.5) is 5.69 Å². The van der Waals surface area contributed by atoms with Crippen molar-refractivity contribution in [1.29, 1.82) is 0 Å². The molecule has 4 nitrogen and oxygen atoms in total. The molecule has 2 rings (SSSR count). The van der Waals surface area contributed by atoms with E-state index in [2.05, 4.69) is 5.32 Å². The Morgan fingerprint density at radius 1 is 1.10 bits per heavy atom. The standard InChI is InChI=1S/C16H16ClNO3/c1-10-5-4-6-14(17)15(10)18-16(19)11-7-12(20-2)9-13(8-11)21-3/h4-9H,1-3H3,(H,18,19). The second kappa shape index (κ2) is 6.50. The first-order valence-corrected chi connectivity index (χ1v) is 6.72. The Morgan fingerprint density at radius 3 is 2.24 bits per heavy atom. The SMILES string of the molecule is COc1cc(OC)cc(C(=O)Nc2c(C)cccc2Cl)c1. The van der Waals surface area contributed by atoms with Gasteiger partial charge in [0.05, 0.1) is 24.9 Å². The van der Waals surface area contributed by atoms with E-state index in [1.54, 1.807) is 24.3 Å². The molecule has 1 amide bonds. The van der Waals surface area contributed by atoms with Crippen molar-refractivity contribution in [3.8, 4) is 11.5 Å². The molecule has 0 heterocycles. The number of methoxy groups -OCH3 is 2. The van der Waals surface area contributed by atoms with Crippen molar-refractivity contribution < 1.29 is 14.3 Å². The maximum absolute atomic E-state index is 12.4. The Balaban J connectivity index is 2.32. The van der Waals surface area contributed by atoms with Crippen LogP contribution < -0.4 is 14.8 Å². The average molecular weight is 306 g/mol. The Hall–Kier alpha value is -2.20. The quantitative estimate of drug-likeness (QED) is 0.931. The number of aryl methyl sites for hydroxylation is 1. The van der Waals surface area contributed by atoms with Crippen molar-refractivity contribution >= 4 is 23.2 Å². The number of carbonyl (C=O) groups excluding carboxylic acids is 1. The Kier molecular flexibility index (Phi) is 4.70. The van der Waals surface area contributed by atoms with Crippen LogP contribution in [0.2, 0.25) is 5.02 Å². The first-order valence-electron chi connectivity index (χ1n) is 6.34. The van der Waals surface area contributed by atoms with Gasteiger partial charge in [0.25, 0.3) is 5.91 Å². The van der Waals surface area contributed by atoms with Crippen LogP contribution in [0.5, 0.6) is 11.5 Å². The summed E-state index contributed by atoms with van der Waals surface area (Å²) in [6, 6.07) is 10.4. The fraction of sp³-hybridized carbons (Fsp3) is 0.188. The van der Waals surface area contributed by atoms with Crippen LogP contribution in [0.15, 0.2) is 36.4 Å². The number of rotatable bonds is 4. The van der Waals surface area contributed by atoms with Crippen LogP contribution in [-0.4, -0.2) is 20.1 Å². The van der Waals surface area contributed by atoms with Crippen LogP contribution in [0, 0.1) is 6.92 Å². The van der Waals surface area contributed by atoms with Crippen molar-refractivity contribution in [2.75, 3.05) is 19.5 Å². The predicted octanol–water partition coefficient (Wildman–Crippen LogP) is 3.92. The van der Waals surface area contributed by atoms with E-state index < -0.39 is 0 Å². The summed E-state index contributed by atoms with van der Waals surface area (Å²) in [6.07, 6.45) is 0. The molecular weight excluding hydrogens is 290 g/mol. The highest BCUT2D eigenvalue weighted by Gasteiger charge is 2.13. The van der Waals surface area contributed by atoms with Crippen molar-refractivity contribution in [2.45, 2.75) is 6.92 Å². The number of benzene rings is 2. The van der Waals surface area contributed by atoms with Gasteiger partial charge >= 0.3 is 0 Å². The highest BCUT2D eigenvalue weighted by atomic mass is 35.5. The van der Waals surface area contributed by atoms with Gasteiger partial charge in [-0.3, -0.25) is 4.79 Å². The molecule has 2 aromatic carbocycles. The highest BCUT2D eigenvalue weighted by Crippen LogP contribution is 2.27. The van der Waals surface area contributed by atoms with Crippen LogP contribution in [0.25, 0.3) is 0 Å². The molecule has 0 bridgehead atoms. The molecule has 2 aromatic rings. The molecule has 0 fully saturated rings. The lowest BCUT2D eigenvalue weighted by atomic mass is 10.1. The third-order valence-corrected chi connectivity index (χ3v) is 3.39. The summed E-state index contributed by atoms with van der Waals surface area (Å²) in [5.41, 5.74) is 1.93. The lowest BCUT2D eigenvalue weighted by Gasteiger charge is -2.12. The number of para-hydroxylation sites is 1. The topological polar surface area (TPSA) is 47.6 Å². The van der Waals surface area contributed by atoms with Gasteiger partial charge in [-0.15, -0.1) is 0 Å². The number of carbonyl (C=O) groups is 1. The summed E-state index contributed by atoms with van der Waals surface area (Å²) in [7, 11) is 3.07. The molecule has 1 N–H and O–H groups in total. The third kappa shape index (κ3) is 3.47. The molecule has 0 atom stereocenters. The first kappa shape index (κ1) is 15.2. The van der Waals surface area contributed by atoms with E-state index >= 15 is 0 Å². The zero-order valence-electron chi connectivity index (χ0n) is 12.1. The predicted molar refractivity (Wildman–Crippen MR) is 83.7 cm³/mol. The summed E-state index contributed by atoms with van der Waals surface area (Å²) < 4.78 is 10.3. The molecular formula is C16H16ClNO3. The van der Waals surface area contributed by atoms with E-state index in [1.165, 1.54) is 14.2 Å². The highest BCUT2D eigenvalue weighted by molar-refractivity contribution is 6.34. The molecule has 0 aromatic heterocycles. The van der Waals surface area contributed by atoms with Crippen LogP contribution in [-0.2, 0) is 0 Å². The van der Waals surface area contributed by atoms with Crippen LogP contribution >= 0.6 is 11.6 Å². The summed E-state index contributed by atoms with van der Waals surface area (Å²) in [5, 5.41) is 3.31. The molecule has 0 unspecified atom stereocenters. The van der Waals surface area contributed by atoms with Crippen molar-refractivity contribution in [3.63, 3.8) is 0 Å². The van der Waals surface area contributed by atoms with E-state index in [4.69, 9.17) is 21.1 Å².